The summed E-state index contributed by atoms with van der Waals surface area (Å²) in [6.45, 7) is 5.28. The number of anilines is 1. The summed E-state index contributed by atoms with van der Waals surface area (Å²) >= 11 is 3.90. The van der Waals surface area contributed by atoms with Gasteiger partial charge in [-0.3, -0.25) is 14.9 Å². The molecule has 7 nitrogen and oxygen atoms in total. The second-order valence-corrected chi connectivity index (χ2v) is 8.40. The fourth-order valence-corrected chi connectivity index (χ4v) is 4.74. The summed E-state index contributed by atoms with van der Waals surface area (Å²) in [5, 5.41) is 11.5. The topological polar surface area (TPSA) is 88.1 Å². The van der Waals surface area contributed by atoms with Gasteiger partial charge >= 0.3 is 0 Å². The Bertz CT molecular complexity index is 886. The number of rotatable bonds is 7. The summed E-state index contributed by atoms with van der Waals surface area (Å²) in [7, 11) is 0. The number of hydrogen-bond acceptors (Lipinski definition) is 8. The summed E-state index contributed by atoms with van der Waals surface area (Å²) in [5.41, 5.74) is 0.797. The number of amides is 2. The van der Waals surface area contributed by atoms with Crippen LogP contribution in [0.2, 0.25) is 0 Å². The first kappa shape index (κ1) is 18.7. The van der Waals surface area contributed by atoms with Crippen LogP contribution in [0, 0.1) is 0 Å². The molecule has 2 aromatic heterocycles. The molecule has 0 aliphatic heterocycles. The molecular weight excluding hydrogens is 390 g/mol. The van der Waals surface area contributed by atoms with E-state index in [0.717, 1.165) is 10.2 Å². The number of thiazole rings is 1. The van der Waals surface area contributed by atoms with Gasteiger partial charge in [-0.2, -0.15) is 0 Å². The van der Waals surface area contributed by atoms with E-state index >= 15 is 0 Å². The summed E-state index contributed by atoms with van der Waals surface area (Å²) in [6.07, 6.45) is 0. The normalized spacial score (nSPS) is 10.8. The zero-order chi connectivity index (χ0) is 18.5. The third-order valence-corrected chi connectivity index (χ3v) is 6.54. The van der Waals surface area contributed by atoms with Crippen molar-refractivity contribution in [2.75, 3.05) is 24.2 Å². The summed E-state index contributed by atoms with van der Waals surface area (Å²) in [6, 6.07) is 7.60. The molecule has 1 N–H and O–H groups in total. The number of aromatic nitrogens is 3. The van der Waals surface area contributed by atoms with Gasteiger partial charge in [-0.05, 0) is 26.0 Å². The van der Waals surface area contributed by atoms with Crippen LogP contribution in [0.3, 0.4) is 0 Å². The van der Waals surface area contributed by atoms with Crippen LogP contribution in [0.25, 0.3) is 10.2 Å². The monoisotopic (exact) mass is 407 g/mol. The van der Waals surface area contributed by atoms with Gasteiger partial charge < -0.3 is 4.90 Å². The molecule has 3 aromatic rings. The van der Waals surface area contributed by atoms with Gasteiger partial charge in [0.1, 0.15) is 0 Å². The molecule has 0 fully saturated rings. The summed E-state index contributed by atoms with van der Waals surface area (Å²) in [5.74, 6) is 0.0654. The van der Waals surface area contributed by atoms with Crippen LogP contribution in [0.5, 0.6) is 0 Å². The molecule has 0 bridgehead atoms. The van der Waals surface area contributed by atoms with Crippen molar-refractivity contribution in [3.8, 4) is 0 Å². The Morgan fingerprint density at radius 2 is 1.92 bits per heavy atom. The highest BCUT2D eigenvalue weighted by molar-refractivity contribution is 8.01. The minimum atomic E-state index is -0.307. The minimum absolute atomic E-state index is 0.0651. The van der Waals surface area contributed by atoms with E-state index in [4.69, 9.17) is 0 Å². The maximum atomic E-state index is 12.3. The molecule has 0 atom stereocenters. The Kier molecular flexibility index (Phi) is 6.17. The minimum Gasteiger partial charge on any atom is -0.343 e. The molecule has 2 amide bonds. The maximum Gasteiger partial charge on any atom is 0.286 e. The zero-order valence-corrected chi connectivity index (χ0v) is 16.7. The molecule has 10 heteroatoms. The molecule has 0 unspecified atom stereocenters. The second-order valence-electron chi connectivity index (χ2n) is 5.17. The Labute approximate surface area is 162 Å². The van der Waals surface area contributed by atoms with E-state index in [2.05, 4.69) is 20.5 Å². The fraction of sp³-hybridized carbons (Fsp3) is 0.312. The van der Waals surface area contributed by atoms with Crippen LogP contribution < -0.4 is 5.32 Å². The predicted octanol–water partition coefficient (Wildman–Crippen LogP) is 3.36. The first-order chi connectivity index (χ1) is 12.6. The fourth-order valence-electron chi connectivity index (χ4n) is 2.23. The van der Waals surface area contributed by atoms with Gasteiger partial charge in [0, 0.05) is 13.1 Å². The van der Waals surface area contributed by atoms with Gasteiger partial charge in [-0.25, -0.2) is 4.98 Å². The molecule has 0 aliphatic carbocycles. The van der Waals surface area contributed by atoms with E-state index in [1.807, 2.05) is 38.1 Å². The molecule has 0 aliphatic rings. The van der Waals surface area contributed by atoms with Crippen molar-refractivity contribution in [2.45, 2.75) is 18.2 Å². The molecule has 2 heterocycles. The van der Waals surface area contributed by atoms with E-state index < -0.39 is 0 Å². The number of para-hydroxylation sites is 1. The lowest BCUT2D eigenvalue weighted by molar-refractivity contribution is -0.127. The molecule has 1 aromatic carbocycles. The van der Waals surface area contributed by atoms with E-state index in [0.29, 0.717) is 33.3 Å². The number of carbonyl (C=O) groups excluding carboxylic acids is 2. The molecule has 0 spiro atoms. The Hall–Kier alpha value is -2.04. The van der Waals surface area contributed by atoms with Crippen molar-refractivity contribution in [3.63, 3.8) is 0 Å². The average molecular weight is 408 g/mol. The number of fused-ring (bicyclic) bond motifs is 1. The first-order valence-corrected chi connectivity index (χ1v) is 10.6. The van der Waals surface area contributed by atoms with Gasteiger partial charge in [-0.15, -0.1) is 21.5 Å². The van der Waals surface area contributed by atoms with Crippen LogP contribution in [0.4, 0.5) is 5.13 Å². The number of thioether (sulfide) groups is 1. The third-order valence-electron chi connectivity index (χ3n) is 3.55. The highest BCUT2D eigenvalue weighted by atomic mass is 32.2. The molecule has 136 valence electrons. The Morgan fingerprint density at radius 3 is 2.65 bits per heavy atom. The van der Waals surface area contributed by atoms with Gasteiger partial charge in [0.2, 0.25) is 11.0 Å². The van der Waals surface area contributed by atoms with Crippen LogP contribution in [-0.4, -0.2) is 50.7 Å². The van der Waals surface area contributed by atoms with Crippen molar-refractivity contribution in [1.29, 1.82) is 0 Å². The van der Waals surface area contributed by atoms with E-state index in [1.54, 1.807) is 4.90 Å². The highest BCUT2D eigenvalue weighted by Gasteiger charge is 2.16. The molecule has 0 radical (unpaired) electrons. The molecule has 0 saturated heterocycles. The zero-order valence-electron chi connectivity index (χ0n) is 14.3. The number of hydrogen-bond donors (Lipinski definition) is 1. The first-order valence-electron chi connectivity index (χ1n) is 8.01. The van der Waals surface area contributed by atoms with Crippen LogP contribution in [0.1, 0.15) is 23.6 Å². The summed E-state index contributed by atoms with van der Waals surface area (Å²) in [4.78, 5) is 30.4. The smallest absolute Gasteiger partial charge is 0.286 e. The van der Waals surface area contributed by atoms with Gasteiger partial charge in [0.25, 0.3) is 5.91 Å². The standard InChI is InChI=1S/C16H17N5O2S3/c1-3-21(4-2)12(22)9-24-16-20-19-15(26-16)18-13(23)14-17-10-7-5-6-8-11(10)25-14/h5-8H,3-4,9H2,1-2H3,(H,18,19,23). The van der Waals surface area contributed by atoms with E-state index in [1.165, 1.54) is 34.4 Å². The van der Waals surface area contributed by atoms with Gasteiger partial charge in [0.05, 0.1) is 16.0 Å². The van der Waals surface area contributed by atoms with Crippen molar-refractivity contribution in [2.24, 2.45) is 0 Å². The number of nitrogens with one attached hydrogen (secondary N) is 1. The number of carbonyl (C=O) groups is 2. The lowest BCUT2D eigenvalue weighted by Crippen LogP contribution is -2.31. The van der Waals surface area contributed by atoms with E-state index in [-0.39, 0.29) is 11.8 Å². The summed E-state index contributed by atoms with van der Waals surface area (Å²) < 4.78 is 1.60. The maximum absolute atomic E-state index is 12.3. The molecule has 0 saturated carbocycles. The highest BCUT2D eigenvalue weighted by Crippen LogP contribution is 2.27. The second kappa shape index (κ2) is 8.56. The molecule has 26 heavy (non-hydrogen) atoms. The average Bonchev–Trinajstić information content (AvgIpc) is 3.27. The van der Waals surface area contributed by atoms with E-state index in [9.17, 15) is 9.59 Å². The van der Waals surface area contributed by atoms with Crippen LogP contribution >= 0.6 is 34.4 Å². The predicted molar refractivity (Wildman–Crippen MR) is 106 cm³/mol. The lowest BCUT2D eigenvalue weighted by atomic mass is 10.3. The Morgan fingerprint density at radius 1 is 1.15 bits per heavy atom. The molecule has 3 rings (SSSR count). The largest absolute Gasteiger partial charge is 0.343 e. The number of benzene rings is 1. The Balaban J connectivity index is 1.59. The van der Waals surface area contributed by atoms with Crippen molar-refractivity contribution < 1.29 is 9.59 Å². The van der Waals surface area contributed by atoms with Crippen LogP contribution in [0.15, 0.2) is 28.6 Å². The van der Waals surface area contributed by atoms with Gasteiger partial charge in [0.15, 0.2) is 9.35 Å². The van der Waals surface area contributed by atoms with Crippen molar-refractivity contribution >= 4 is 61.6 Å². The number of nitrogens with zero attached hydrogens (tertiary/aromatic N) is 4. The van der Waals surface area contributed by atoms with Gasteiger partial charge in [-0.1, -0.05) is 35.2 Å². The SMILES string of the molecule is CCN(CC)C(=O)CSc1nnc(NC(=O)c2nc3ccccc3s2)s1. The van der Waals surface area contributed by atoms with Crippen LogP contribution in [-0.2, 0) is 4.79 Å². The van der Waals surface area contributed by atoms with Crippen molar-refractivity contribution in [1.82, 2.24) is 20.1 Å². The van der Waals surface area contributed by atoms with Crippen molar-refractivity contribution in [3.05, 3.63) is 29.3 Å². The lowest BCUT2D eigenvalue weighted by Gasteiger charge is -2.17. The third kappa shape index (κ3) is 4.37. The molecular formula is C16H17N5O2S3. The quantitative estimate of drug-likeness (QED) is 0.477.